The smallest absolute Gasteiger partial charge is 0.340 e. The van der Waals surface area contributed by atoms with Crippen LogP contribution in [0.15, 0.2) is 18.2 Å². The number of hydrogen-bond acceptors (Lipinski definition) is 5. The molecule has 84 valence electrons. The van der Waals surface area contributed by atoms with Gasteiger partial charge in [0.15, 0.2) is 0 Å². The molecule has 0 aliphatic rings. The first-order valence-corrected chi connectivity index (χ1v) is 5.83. The third-order valence-electron chi connectivity index (χ3n) is 2.13. The number of esters is 1. The van der Waals surface area contributed by atoms with Crippen LogP contribution >= 0.6 is 11.3 Å². The van der Waals surface area contributed by atoms with E-state index in [2.05, 4.69) is 4.98 Å². The lowest BCUT2D eigenvalue weighted by molar-refractivity contribution is 0.0528. The molecule has 0 bridgehead atoms. The topological polar surface area (TPSA) is 65.2 Å². The van der Waals surface area contributed by atoms with Crippen molar-refractivity contribution in [3.63, 3.8) is 0 Å². The number of benzene rings is 1. The lowest BCUT2D eigenvalue weighted by Crippen LogP contribution is -2.05. The molecule has 1 aromatic carbocycles. The lowest BCUT2D eigenvalue weighted by atomic mass is 10.2. The number of nitrogens with zero attached hydrogens (tertiary/aromatic N) is 1. The second-order valence-corrected chi connectivity index (χ2v) is 4.30. The monoisotopic (exact) mass is 236 g/mol. The van der Waals surface area contributed by atoms with Crippen molar-refractivity contribution in [3.8, 4) is 0 Å². The summed E-state index contributed by atoms with van der Waals surface area (Å²) >= 11 is 1.50. The van der Waals surface area contributed by atoms with Gasteiger partial charge in [0, 0.05) is 6.54 Å². The molecule has 0 radical (unpaired) electrons. The van der Waals surface area contributed by atoms with Crippen molar-refractivity contribution < 1.29 is 9.53 Å². The Morgan fingerprint density at radius 2 is 2.38 bits per heavy atom. The summed E-state index contributed by atoms with van der Waals surface area (Å²) in [6.07, 6.45) is 0. The Morgan fingerprint density at radius 1 is 1.56 bits per heavy atom. The van der Waals surface area contributed by atoms with Crippen LogP contribution < -0.4 is 5.73 Å². The van der Waals surface area contributed by atoms with Crippen molar-refractivity contribution in [2.45, 2.75) is 13.5 Å². The molecule has 0 aliphatic carbocycles. The van der Waals surface area contributed by atoms with Crippen LogP contribution in [0.2, 0.25) is 0 Å². The van der Waals surface area contributed by atoms with Gasteiger partial charge < -0.3 is 10.5 Å². The Kier molecular flexibility index (Phi) is 3.17. The number of fused-ring (bicyclic) bond motifs is 1. The third-order valence-corrected chi connectivity index (χ3v) is 3.18. The molecule has 0 spiro atoms. The first-order valence-electron chi connectivity index (χ1n) is 5.02. The van der Waals surface area contributed by atoms with Crippen LogP contribution in [-0.4, -0.2) is 17.6 Å². The average molecular weight is 236 g/mol. The van der Waals surface area contributed by atoms with E-state index in [9.17, 15) is 4.79 Å². The van der Waals surface area contributed by atoms with Crippen molar-refractivity contribution >= 4 is 27.5 Å². The summed E-state index contributed by atoms with van der Waals surface area (Å²) in [6.45, 7) is 2.54. The lowest BCUT2D eigenvalue weighted by Gasteiger charge is -2.01. The van der Waals surface area contributed by atoms with E-state index in [1.807, 2.05) is 12.1 Å². The molecule has 2 aromatic rings. The highest BCUT2D eigenvalue weighted by atomic mass is 32.1. The van der Waals surface area contributed by atoms with Gasteiger partial charge in [-0.3, -0.25) is 0 Å². The van der Waals surface area contributed by atoms with E-state index in [1.165, 1.54) is 11.3 Å². The van der Waals surface area contributed by atoms with Gasteiger partial charge in [-0.1, -0.05) is 6.07 Å². The highest BCUT2D eigenvalue weighted by Gasteiger charge is 2.14. The molecule has 0 fully saturated rings. The largest absolute Gasteiger partial charge is 0.462 e. The maximum absolute atomic E-state index is 11.7. The normalized spacial score (nSPS) is 10.6. The molecule has 2 rings (SSSR count). The van der Waals surface area contributed by atoms with E-state index in [4.69, 9.17) is 10.5 Å². The minimum Gasteiger partial charge on any atom is -0.462 e. The maximum Gasteiger partial charge on any atom is 0.340 e. The number of rotatable bonds is 3. The zero-order valence-electron chi connectivity index (χ0n) is 8.90. The molecule has 5 heteroatoms. The molecule has 1 aromatic heterocycles. The van der Waals surface area contributed by atoms with Crippen molar-refractivity contribution in [1.29, 1.82) is 0 Å². The van der Waals surface area contributed by atoms with Crippen LogP contribution in [-0.2, 0) is 11.3 Å². The number of aromatic nitrogens is 1. The molecule has 0 atom stereocenters. The minimum atomic E-state index is -0.332. The molecule has 1 heterocycles. The Bertz CT molecular complexity index is 522. The van der Waals surface area contributed by atoms with Crippen molar-refractivity contribution in [2.24, 2.45) is 5.73 Å². The molecular formula is C11H12N2O2S. The number of thiazole rings is 1. The number of ether oxygens (including phenoxy) is 1. The van der Waals surface area contributed by atoms with E-state index >= 15 is 0 Å². The predicted molar refractivity (Wildman–Crippen MR) is 63.5 cm³/mol. The quantitative estimate of drug-likeness (QED) is 0.827. The summed E-state index contributed by atoms with van der Waals surface area (Å²) in [4.78, 5) is 16.0. The van der Waals surface area contributed by atoms with Gasteiger partial charge in [-0.2, -0.15) is 0 Å². The number of carbonyl (C=O) groups is 1. The molecule has 0 saturated heterocycles. The Hall–Kier alpha value is -1.46. The molecule has 0 aliphatic heterocycles. The van der Waals surface area contributed by atoms with Crippen molar-refractivity contribution in [3.05, 3.63) is 28.8 Å². The summed E-state index contributed by atoms with van der Waals surface area (Å²) in [5.74, 6) is -0.332. The SMILES string of the molecule is CCOC(=O)c1cccc2sc(CN)nc12. The Labute approximate surface area is 97.0 Å². The van der Waals surface area contributed by atoms with Gasteiger partial charge in [0.2, 0.25) is 0 Å². The van der Waals surface area contributed by atoms with Gasteiger partial charge in [0.05, 0.1) is 22.4 Å². The number of carbonyl (C=O) groups excluding carboxylic acids is 1. The van der Waals surface area contributed by atoms with Crippen LogP contribution in [0.1, 0.15) is 22.3 Å². The Morgan fingerprint density at radius 3 is 3.06 bits per heavy atom. The second kappa shape index (κ2) is 4.59. The number of nitrogens with two attached hydrogens (primary N) is 1. The molecular weight excluding hydrogens is 224 g/mol. The van der Waals surface area contributed by atoms with Gasteiger partial charge in [-0.25, -0.2) is 9.78 Å². The molecule has 0 amide bonds. The highest BCUT2D eigenvalue weighted by molar-refractivity contribution is 7.18. The van der Waals surface area contributed by atoms with Gasteiger partial charge in [0.1, 0.15) is 5.01 Å². The average Bonchev–Trinajstić information content (AvgIpc) is 2.71. The maximum atomic E-state index is 11.7. The molecule has 16 heavy (non-hydrogen) atoms. The van der Waals surface area contributed by atoms with Gasteiger partial charge >= 0.3 is 5.97 Å². The molecule has 2 N–H and O–H groups in total. The van der Waals surface area contributed by atoms with E-state index < -0.39 is 0 Å². The number of para-hydroxylation sites is 1. The third kappa shape index (κ3) is 1.91. The summed E-state index contributed by atoms with van der Waals surface area (Å²) < 4.78 is 5.94. The van der Waals surface area contributed by atoms with Crippen molar-refractivity contribution in [1.82, 2.24) is 4.98 Å². The van der Waals surface area contributed by atoms with Crippen LogP contribution in [0.5, 0.6) is 0 Å². The van der Waals surface area contributed by atoms with Crippen molar-refractivity contribution in [2.75, 3.05) is 6.61 Å². The van der Waals surface area contributed by atoms with Crippen LogP contribution in [0.25, 0.3) is 10.2 Å². The minimum absolute atomic E-state index is 0.332. The molecule has 0 unspecified atom stereocenters. The predicted octanol–water partition coefficient (Wildman–Crippen LogP) is 1.93. The van der Waals surface area contributed by atoms with Gasteiger partial charge in [-0.05, 0) is 19.1 Å². The fraction of sp³-hybridized carbons (Fsp3) is 0.273. The Balaban J connectivity index is 2.52. The zero-order chi connectivity index (χ0) is 11.5. The van der Waals surface area contributed by atoms with E-state index in [0.29, 0.717) is 24.2 Å². The molecule has 0 saturated carbocycles. The summed E-state index contributed by atoms with van der Waals surface area (Å²) in [5.41, 5.74) is 6.73. The highest BCUT2D eigenvalue weighted by Crippen LogP contribution is 2.25. The summed E-state index contributed by atoms with van der Waals surface area (Å²) in [5, 5.41) is 0.826. The van der Waals surface area contributed by atoms with E-state index in [1.54, 1.807) is 13.0 Å². The van der Waals surface area contributed by atoms with Gasteiger partial charge in [-0.15, -0.1) is 11.3 Å². The van der Waals surface area contributed by atoms with Crippen LogP contribution in [0.3, 0.4) is 0 Å². The van der Waals surface area contributed by atoms with E-state index in [-0.39, 0.29) is 5.97 Å². The summed E-state index contributed by atoms with van der Waals surface area (Å²) in [6, 6.07) is 5.47. The summed E-state index contributed by atoms with van der Waals surface area (Å²) in [7, 11) is 0. The first-order chi connectivity index (χ1) is 7.76. The van der Waals surface area contributed by atoms with Crippen LogP contribution in [0, 0.1) is 0 Å². The van der Waals surface area contributed by atoms with Gasteiger partial charge in [0.25, 0.3) is 0 Å². The first kappa shape index (κ1) is 11.0. The molecule has 4 nitrogen and oxygen atoms in total. The fourth-order valence-corrected chi connectivity index (χ4v) is 2.33. The van der Waals surface area contributed by atoms with E-state index in [0.717, 1.165) is 9.71 Å². The van der Waals surface area contributed by atoms with Crippen LogP contribution in [0.4, 0.5) is 0 Å². The standard InChI is InChI=1S/C11H12N2O2S/c1-2-15-11(14)7-4-3-5-8-10(7)13-9(6-12)16-8/h3-5H,2,6,12H2,1H3. The number of hydrogen-bond donors (Lipinski definition) is 1. The second-order valence-electron chi connectivity index (χ2n) is 3.18. The fourth-order valence-electron chi connectivity index (χ4n) is 1.46. The zero-order valence-corrected chi connectivity index (χ0v) is 9.71.